The maximum Gasteiger partial charge on any atom is 0.323 e. The van der Waals surface area contributed by atoms with Crippen LogP contribution in [0.5, 0.6) is 0 Å². The molecule has 206 valence electrons. The van der Waals surface area contributed by atoms with Crippen molar-refractivity contribution in [3.8, 4) is 0 Å². The van der Waals surface area contributed by atoms with Gasteiger partial charge in [-0.05, 0) is 41.8 Å². The van der Waals surface area contributed by atoms with E-state index in [1.807, 2.05) is 18.2 Å². The van der Waals surface area contributed by atoms with Gasteiger partial charge in [-0.2, -0.15) is 0 Å². The summed E-state index contributed by atoms with van der Waals surface area (Å²) in [4.78, 5) is 43.2. The van der Waals surface area contributed by atoms with Crippen LogP contribution in [-0.2, 0) is 29.5 Å². The highest BCUT2D eigenvalue weighted by molar-refractivity contribution is 7.89. The molecule has 4 amide bonds. The Morgan fingerprint density at radius 1 is 0.949 bits per heavy atom. The minimum Gasteiger partial charge on any atom is -0.331 e. The number of carbonyl (C=O) groups is 3. The summed E-state index contributed by atoms with van der Waals surface area (Å²) in [7, 11) is 2.31. The van der Waals surface area contributed by atoms with E-state index in [9.17, 15) is 22.8 Å². The van der Waals surface area contributed by atoms with E-state index in [0.29, 0.717) is 18.0 Å². The van der Waals surface area contributed by atoms with Crippen molar-refractivity contribution in [3.63, 3.8) is 0 Å². The van der Waals surface area contributed by atoms with Gasteiger partial charge >= 0.3 is 6.03 Å². The van der Waals surface area contributed by atoms with Crippen molar-refractivity contribution < 1.29 is 22.8 Å². The third-order valence-electron chi connectivity index (χ3n) is 6.36. The standard InChI is InChI=1S/C27H31N5O5S2/c1-30(2)27(35)29-25(34)23-21-14-15-32(16-18-8-6-5-7-9-18)17-22(21)38-26(23)28-24(33)19-10-12-20(13-11-19)39(36,37)31(3)4/h5-13H,14-17H2,1-4H3,(H,28,33)(H,29,34,35). The normalized spacial score (nSPS) is 13.6. The summed E-state index contributed by atoms with van der Waals surface area (Å²) < 4.78 is 25.8. The van der Waals surface area contributed by atoms with E-state index in [2.05, 4.69) is 27.7 Å². The number of anilines is 1. The zero-order valence-electron chi connectivity index (χ0n) is 22.2. The van der Waals surface area contributed by atoms with Crippen molar-refractivity contribution in [3.05, 3.63) is 81.7 Å². The van der Waals surface area contributed by atoms with Crippen LogP contribution in [0.25, 0.3) is 0 Å². The first-order valence-corrected chi connectivity index (χ1v) is 14.5. The van der Waals surface area contributed by atoms with Gasteiger partial charge in [0.05, 0.1) is 10.5 Å². The summed E-state index contributed by atoms with van der Waals surface area (Å²) >= 11 is 1.31. The van der Waals surface area contributed by atoms with Crippen molar-refractivity contribution in [2.75, 3.05) is 40.1 Å². The number of hydrogen-bond donors (Lipinski definition) is 2. The molecule has 1 aliphatic rings. The van der Waals surface area contributed by atoms with Gasteiger partial charge in [0.15, 0.2) is 0 Å². The molecule has 3 aromatic rings. The van der Waals surface area contributed by atoms with Crippen LogP contribution in [-0.4, -0.2) is 75.1 Å². The van der Waals surface area contributed by atoms with E-state index in [4.69, 9.17) is 0 Å². The van der Waals surface area contributed by atoms with Gasteiger partial charge in [0.2, 0.25) is 10.0 Å². The van der Waals surface area contributed by atoms with Crippen LogP contribution in [0.15, 0.2) is 59.5 Å². The summed E-state index contributed by atoms with van der Waals surface area (Å²) in [6.07, 6.45) is 0.588. The van der Waals surface area contributed by atoms with E-state index in [1.54, 1.807) is 0 Å². The minimum absolute atomic E-state index is 0.0661. The Labute approximate surface area is 232 Å². The number of rotatable bonds is 7. The van der Waals surface area contributed by atoms with E-state index >= 15 is 0 Å². The third-order valence-corrected chi connectivity index (χ3v) is 9.32. The number of nitrogens with one attached hydrogen (secondary N) is 2. The number of hydrogen-bond acceptors (Lipinski definition) is 7. The molecule has 1 aromatic heterocycles. The Kier molecular flexibility index (Phi) is 8.50. The fourth-order valence-corrected chi connectivity index (χ4v) is 6.38. The first-order valence-electron chi connectivity index (χ1n) is 12.2. The Balaban J connectivity index is 1.61. The fourth-order valence-electron chi connectivity index (χ4n) is 4.20. The Morgan fingerprint density at radius 3 is 2.23 bits per heavy atom. The summed E-state index contributed by atoms with van der Waals surface area (Å²) in [6.45, 7) is 2.07. The lowest BCUT2D eigenvalue weighted by atomic mass is 10.0. The molecule has 0 bridgehead atoms. The Morgan fingerprint density at radius 2 is 1.62 bits per heavy atom. The number of fused-ring (bicyclic) bond motifs is 1. The smallest absolute Gasteiger partial charge is 0.323 e. The average molecular weight is 570 g/mol. The van der Waals surface area contributed by atoms with Crippen LogP contribution in [0.3, 0.4) is 0 Å². The molecule has 12 heteroatoms. The highest BCUT2D eigenvalue weighted by Gasteiger charge is 2.30. The van der Waals surface area contributed by atoms with Gasteiger partial charge < -0.3 is 10.2 Å². The lowest BCUT2D eigenvalue weighted by Crippen LogP contribution is -2.39. The van der Waals surface area contributed by atoms with Crippen LogP contribution in [0, 0.1) is 0 Å². The van der Waals surface area contributed by atoms with Crippen molar-refractivity contribution in [2.45, 2.75) is 24.4 Å². The van der Waals surface area contributed by atoms with Crippen LogP contribution >= 0.6 is 11.3 Å². The molecule has 2 heterocycles. The van der Waals surface area contributed by atoms with Gasteiger partial charge in [-0.25, -0.2) is 17.5 Å². The highest BCUT2D eigenvalue weighted by atomic mass is 32.2. The van der Waals surface area contributed by atoms with Crippen molar-refractivity contribution >= 4 is 44.2 Å². The van der Waals surface area contributed by atoms with Gasteiger partial charge in [0.25, 0.3) is 11.8 Å². The molecule has 0 atom stereocenters. The first-order chi connectivity index (χ1) is 18.5. The number of urea groups is 1. The summed E-state index contributed by atoms with van der Waals surface area (Å²) in [5.41, 5.74) is 2.52. The highest BCUT2D eigenvalue weighted by Crippen LogP contribution is 2.38. The van der Waals surface area contributed by atoms with Crippen LogP contribution in [0.4, 0.5) is 9.80 Å². The molecule has 10 nitrogen and oxygen atoms in total. The second-order valence-corrected chi connectivity index (χ2v) is 12.8. The molecule has 1 aliphatic heterocycles. The van der Waals surface area contributed by atoms with Gasteiger partial charge in [0.1, 0.15) is 5.00 Å². The SMILES string of the molecule is CN(C)C(=O)NC(=O)c1c(NC(=O)c2ccc(S(=O)(=O)N(C)C)cc2)sc2c1CCN(Cc1ccccc1)C2. The van der Waals surface area contributed by atoms with Gasteiger partial charge in [-0.1, -0.05) is 30.3 Å². The number of benzene rings is 2. The maximum absolute atomic E-state index is 13.2. The van der Waals surface area contributed by atoms with Gasteiger partial charge in [-0.3, -0.25) is 19.8 Å². The largest absolute Gasteiger partial charge is 0.331 e. The monoisotopic (exact) mass is 569 g/mol. The summed E-state index contributed by atoms with van der Waals surface area (Å²) in [5, 5.41) is 5.57. The molecule has 4 rings (SSSR count). The predicted molar refractivity (Wildman–Crippen MR) is 150 cm³/mol. The Hall–Kier alpha value is -3.58. The number of imide groups is 1. The third kappa shape index (κ3) is 6.36. The van der Waals surface area contributed by atoms with Crippen molar-refractivity contribution in [1.29, 1.82) is 0 Å². The zero-order valence-corrected chi connectivity index (χ0v) is 23.9. The lowest BCUT2D eigenvalue weighted by Gasteiger charge is -2.27. The molecule has 0 spiro atoms. The maximum atomic E-state index is 13.2. The van der Waals surface area contributed by atoms with Crippen LogP contribution in [0.2, 0.25) is 0 Å². The molecular weight excluding hydrogens is 538 g/mol. The van der Waals surface area contributed by atoms with Crippen LogP contribution in [0.1, 0.15) is 36.7 Å². The molecule has 0 radical (unpaired) electrons. The van der Waals surface area contributed by atoms with Gasteiger partial charge in [0, 0.05) is 58.3 Å². The van der Waals surface area contributed by atoms with Crippen molar-refractivity contribution in [1.82, 2.24) is 19.4 Å². The first kappa shape index (κ1) is 28.4. The molecule has 0 unspecified atom stereocenters. The molecule has 39 heavy (non-hydrogen) atoms. The molecule has 0 saturated carbocycles. The lowest BCUT2D eigenvalue weighted by molar-refractivity contribution is 0.0956. The quantitative estimate of drug-likeness (QED) is 0.451. The Bertz CT molecular complexity index is 1480. The van der Waals surface area contributed by atoms with Gasteiger partial charge in [-0.15, -0.1) is 11.3 Å². The van der Waals surface area contributed by atoms with E-state index < -0.39 is 27.9 Å². The fraction of sp³-hybridized carbons (Fsp3) is 0.296. The predicted octanol–water partition coefficient (Wildman–Crippen LogP) is 3.22. The van der Waals surface area contributed by atoms with E-state index in [0.717, 1.165) is 27.8 Å². The number of amides is 4. The van der Waals surface area contributed by atoms with E-state index in [-0.39, 0.29) is 16.0 Å². The van der Waals surface area contributed by atoms with Crippen LogP contribution < -0.4 is 10.6 Å². The summed E-state index contributed by atoms with van der Waals surface area (Å²) in [6, 6.07) is 15.1. The topological polar surface area (TPSA) is 119 Å². The number of nitrogens with zero attached hydrogens (tertiary/aromatic N) is 3. The number of sulfonamides is 1. The molecule has 2 aromatic carbocycles. The molecule has 0 saturated heterocycles. The second kappa shape index (κ2) is 11.7. The molecular formula is C27H31N5O5S2. The van der Waals surface area contributed by atoms with Crippen molar-refractivity contribution in [2.24, 2.45) is 0 Å². The number of thiophene rings is 1. The molecule has 2 N–H and O–H groups in total. The van der Waals surface area contributed by atoms with E-state index in [1.165, 1.54) is 74.3 Å². The zero-order chi connectivity index (χ0) is 28.3. The average Bonchev–Trinajstić information content (AvgIpc) is 3.26. The molecule has 0 aliphatic carbocycles. The number of carbonyl (C=O) groups excluding carboxylic acids is 3. The minimum atomic E-state index is -3.63. The summed E-state index contributed by atoms with van der Waals surface area (Å²) in [5.74, 6) is -1.07. The molecule has 0 fully saturated rings. The second-order valence-electron chi connectivity index (χ2n) is 9.57.